The zero-order valence-corrected chi connectivity index (χ0v) is 13.6. The van der Waals surface area contributed by atoms with Gasteiger partial charge < -0.3 is 14.8 Å². The molecule has 0 spiro atoms. The van der Waals surface area contributed by atoms with Crippen LogP contribution in [0.1, 0.15) is 23.2 Å². The summed E-state index contributed by atoms with van der Waals surface area (Å²) >= 11 is 9.46. The molecule has 1 aromatic rings. The molecule has 1 heterocycles. The van der Waals surface area contributed by atoms with Crippen LogP contribution in [0.4, 0.5) is 0 Å². The third kappa shape index (κ3) is 3.45. The van der Waals surface area contributed by atoms with Gasteiger partial charge in [0, 0.05) is 23.6 Å². The molecule has 20 heavy (non-hydrogen) atoms. The Morgan fingerprint density at radius 3 is 2.80 bits per heavy atom. The fraction of sp³-hybridized carbons (Fsp3) is 0.500. The van der Waals surface area contributed by atoms with Crippen molar-refractivity contribution in [3.63, 3.8) is 0 Å². The monoisotopic (exact) mass is 361 g/mol. The first-order chi connectivity index (χ1) is 9.60. The third-order valence-corrected chi connectivity index (χ3v) is 4.80. The SMILES string of the molecule is COc1ccc(Cl)cc1C(=O)NC1(CBr)CCOCC1. The van der Waals surface area contributed by atoms with Gasteiger partial charge in [0.25, 0.3) is 5.91 Å². The number of hydrogen-bond acceptors (Lipinski definition) is 3. The maximum Gasteiger partial charge on any atom is 0.255 e. The van der Waals surface area contributed by atoms with Gasteiger partial charge in [0.1, 0.15) is 5.75 Å². The maximum atomic E-state index is 12.5. The lowest BCUT2D eigenvalue weighted by Gasteiger charge is -2.36. The van der Waals surface area contributed by atoms with Crippen LogP contribution in [0, 0.1) is 0 Å². The van der Waals surface area contributed by atoms with Gasteiger partial charge in [-0.1, -0.05) is 27.5 Å². The van der Waals surface area contributed by atoms with E-state index < -0.39 is 0 Å². The summed E-state index contributed by atoms with van der Waals surface area (Å²) in [6.45, 7) is 1.30. The zero-order chi connectivity index (χ0) is 14.6. The van der Waals surface area contributed by atoms with Gasteiger partial charge in [0.2, 0.25) is 0 Å². The van der Waals surface area contributed by atoms with Crippen LogP contribution in [0.2, 0.25) is 5.02 Å². The van der Waals surface area contributed by atoms with Crippen LogP contribution in [0.5, 0.6) is 5.75 Å². The van der Waals surface area contributed by atoms with Crippen LogP contribution in [-0.4, -0.2) is 37.1 Å². The average Bonchev–Trinajstić information content (AvgIpc) is 2.48. The highest BCUT2D eigenvalue weighted by molar-refractivity contribution is 9.09. The van der Waals surface area contributed by atoms with Crippen LogP contribution in [0.3, 0.4) is 0 Å². The Hall–Kier alpha value is -0.780. The van der Waals surface area contributed by atoms with Crippen LogP contribution in [0.25, 0.3) is 0 Å². The van der Waals surface area contributed by atoms with Crippen molar-refractivity contribution in [3.05, 3.63) is 28.8 Å². The first-order valence-corrected chi connectivity index (χ1v) is 7.90. The van der Waals surface area contributed by atoms with Gasteiger partial charge in [-0.3, -0.25) is 4.79 Å². The minimum atomic E-state index is -0.275. The highest BCUT2D eigenvalue weighted by Gasteiger charge is 2.33. The molecule has 1 N–H and O–H groups in total. The standard InChI is InChI=1S/C14H17BrClNO3/c1-19-12-3-2-10(16)8-11(12)13(18)17-14(9-15)4-6-20-7-5-14/h2-3,8H,4-7,9H2,1H3,(H,17,18). The third-order valence-electron chi connectivity index (χ3n) is 3.49. The van der Waals surface area contributed by atoms with Crippen molar-refractivity contribution in [1.29, 1.82) is 0 Å². The number of carbonyl (C=O) groups excluding carboxylic acids is 1. The van der Waals surface area contributed by atoms with E-state index in [-0.39, 0.29) is 11.4 Å². The molecule has 0 saturated carbocycles. The predicted molar refractivity (Wildman–Crippen MR) is 82.0 cm³/mol. The fourth-order valence-electron chi connectivity index (χ4n) is 2.22. The van der Waals surface area contributed by atoms with E-state index in [0.717, 1.165) is 12.8 Å². The number of nitrogens with one attached hydrogen (secondary N) is 1. The molecule has 0 bridgehead atoms. The van der Waals surface area contributed by atoms with Gasteiger partial charge in [-0.2, -0.15) is 0 Å². The molecule has 1 aliphatic heterocycles. The Balaban J connectivity index is 2.20. The first kappa shape index (κ1) is 15.6. The van der Waals surface area contributed by atoms with Gasteiger partial charge in [-0.25, -0.2) is 0 Å². The molecule has 1 aliphatic rings. The van der Waals surface area contributed by atoms with Crippen LogP contribution >= 0.6 is 27.5 Å². The summed E-state index contributed by atoms with van der Waals surface area (Å²) in [4.78, 5) is 12.5. The highest BCUT2D eigenvalue weighted by atomic mass is 79.9. The summed E-state index contributed by atoms with van der Waals surface area (Å²) in [5, 5.41) is 4.30. The van der Waals surface area contributed by atoms with Crippen molar-refractivity contribution >= 4 is 33.4 Å². The van der Waals surface area contributed by atoms with Crippen molar-refractivity contribution in [1.82, 2.24) is 5.32 Å². The van der Waals surface area contributed by atoms with E-state index in [1.165, 1.54) is 7.11 Å². The van der Waals surface area contributed by atoms with E-state index >= 15 is 0 Å². The number of ether oxygens (including phenoxy) is 2. The quantitative estimate of drug-likeness (QED) is 0.838. The molecule has 6 heteroatoms. The predicted octanol–water partition coefficient (Wildman–Crippen LogP) is 3.02. The summed E-state index contributed by atoms with van der Waals surface area (Å²) in [5.41, 5.74) is 0.176. The number of rotatable bonds is 4. The summed E-state index contributed by atoms with van der Waals surface area (Å²) in [5.74, 6) is 0.342. The lowest BCUT2D eigenvalue weighted by Crippen LogP contribution is -2.53. The number of methoxy groups -OCH3 is 1. The van der Waals surface area contributed by atoms with Gasteiger partial charge in [-0.15, -0.1) is 0 Å². The van der Waals surface area contributed by atoms with E-state index in [1.54, 1.807) is 18.2 Å². The molecule has 0 radical (unpaired) electrons. The van der Waals surface area contributed by atoms with Crippen molar-refractivity contribution in [3.8, 4) is 5.75 Å². The lowest BCUT2D eigenvalue weighted by molar-refractivity contribution is 0.0441. The molecule has 110 valence electrons. The molecule has 1 aromatic carbocycles. The normalized spacial score (nSPS) is 17.6. The molecule has 2 rings (SSSR count). The molecule has 1 fully saturated rings. The summed E-state index contributed by atoms with van der Waals surface area (Å²) in [6, 6.07) is 5.02. The second kappa shape index (κ2) is 6.78. The molecule has 1 amide bonds. The largest absolute Gasteiger partial charge is 0.496 e. The van der Waals surface area contributed by atoms with Gasteiger partial charge in [-0.05, 0) is 31.0 Å². The smallest absolute Gasteiger partial charge is 0.255 e. The Kier molecular flexibility index (Phi) is 5.29. The Labute approximate surface area is 131 Å². The van der Waals surface area contributed by atoms with Crippen molar-refractivity contribution in [2.75, 3.05) is 25.7 Å². The van der Waals surface area contributed by atoms with Gasteiger partial charge >= 0.3 is 0 Å². The molecule has 1 saturated heterocycles. The van der Waals surface area contributed by atoms with Crippen molar-refractivity contribution in [2.45, 2.75) is 18.4 Å². The number of halogens is 2. The number of alkyl halides is 1. The fourth-order valence-corrected chi connectivity index (χ4v) is 3.09. The van der Waals surface area contributed by atoms with E-state index in [1.807, 2.05) is 0 Å². The van der Waals surface area contributed by atoms with E-state index in [0.29, 0.717) is 34.9 Å². The Morgan fingerprint density at radius 1 is 1.50 bits per heavy atom. The molecule has 0 atom stereocenters. The lowest BCUT2D eigenvalue weighted by atomic mass is 9.92. The van der Waals surface area contributed by atoms with Crippen molar-refractivity contribution < 1.29 is 14.3 Å². The average molecular weight is 363 g/mol. The number of hydrogen-bond donors (Lipinski definition) is 1. The van der Waals surface area contributed by atoms with E-state index in [4.69, 9.17) is 21.1 Å². The molecule has 4 nitrogen and oxygen atoms in total. The van der Waals surface area contributed by atoms with Gasteiger partial charge in [0.15, 0.2) is 0 Å². The minimum absolute atomic E-state index is 0.175. The van der Waals surface area contributed by atoms with Crippen LogP contribution in [0.15, 0.2) is 18.2 Å². The molecule has 0 aliphatic carbocycles. The second-order valence-electron chi connectivity index (χ2n) is 4.83. The summed E-state index contributed by atoms with van der Waals surface area (Å²) in [7, 11) is 1.54. The molecule has 0 aromatic heterocycles. The van der Waals surface area contributed by atoms with Crippen molar-refractivity contribution in [2.24, 2.45) is 0 Å². The summed E-state index contributed by atoms with van der Waals surface area (Å²) in [6.07, 6.45) is 1.57. The molecule has 0 unspecified atom stereocenters. The van der Waals surface area contributed by atoms with E-state index in [2.05, 4.69) is 21.2 Å². The number of benzene rings is 1. The van der Waals surface area contributed by atoms with E-state index in [9.17, 15) is 4.79 Å². The van der Waals surface area contributed by atoms with Crippen LogP contribution < -0.4 is 10.1 Å². The van der Waals surface area contributed by atoms with Gasteiger partial charge in [0.05, 0.1) is 18.2 Å². The molecular weight excluding hydrogens is 346 g/mol. The topological polar surface area (TPSA) is 47.6 Å². The highest BCUT2D eigenvalue weighted by Crippen LogP contribution is 2.27. The zero-order valence-electron chi connectivity index (χ0n) is 11.2. The number of carbonyl (C=O) groups is 1. The maximum absolute atomic E-state index is 12.5. The second-order valence-corrected chi connectivity index (χ2v) is 5.82. The Bertz CT molecular complexity index is 489. The Morgan fingerprint density at radius 2 is 2.20 bits per heavy atom. The van der Waals surface area contributed by atoms with Crippen LogP contribution in [-0.2, 0) is 4.74 Å². The minimum Gasteiger partial charge on any atom is -0.496 e. The summed E-state index contributed by atoms with van der Waals surface area (Å²) < 4.78 is 10.6. The number of amides is 1. The first-order valence-electron chi connectivity index (χ1n) is 6.40. The molecular formula is C14H17BrClNO3.